The predicted octanol–water partition coefficient (Wildman–Crippen LogP) is 1.51. The van der Waals surface area contributed by atoms with E-state index in [1.807, 2.05) is 0 Å². The van der Waals surface area contributed by atoms with Crippen LogP contribution in [-0.2, 0) is 4.79 Å². The van der Waals surface area contributed by atoms with Crippen LogP contribution in [0.5, 0.6) is 0 Å². The van der Waals surface area contributed by atoms with Crippen LogP contribution in [0.2, 0.25) is 0 Å². The molecule has 1 fully saturated rings. The summed E-state index contributed by atoms with van der Waals surface area (Å²) in [6.07, 6.45) is 3.27. The average Bonchev–Trinajstić information content (AvgIpc) is 2.53. The minimum Gasteiger partial charge on any atom is -0.356 e. The molecular weight excluding hydrogens is 274 g/mol. The van der Waals surface area contributed by atoms with Crippen molar-refractivity contribution >= 4 is 23.6 Å². The van der Waals surface area contributed by atoms with Gasteiger partial charge < -0.3 is 15.0 Å². The van der Waals surface area contributed by atoms with Crippen LogP contribution in [0.25, 0.3) is 0 Å². The molecule has 1 atom stereocenters. The van der Waals surface area contributed by atoms with Gasteiger partial charge in [0.25, 0.3) is 11.6 Å². The molecule has 0 aromatic heterocycles. The molecule has 2 rings (SSSR count). The smallest absolute Gasteiger partial charge is 0.292 e. The number of piperidine rings is 1. The normalized spacial score (nSPS) is 18.1. The fraction of sp³-hybridized carbons (Fsp3) is 0.429. The van der Waals surface area contributed by atoms with Gasteiger partial charge in [-0.15, -0.1) is 0 Å². The van der Waals surface area contributed by atoms with Crippen molar-refractivity contribution in [3.8, 4) is 0 Å². The second kappa shape index (κ2) is 6.34. The molecule has 0 spiro atoms. The molecule has 0 aliphatic carbocycles. The first-order valence-electron chi connectivity index (χ1n) is 6.81. The van der Waals surface area contributed by atoms with Gasteiger partial charge in [-0.1, -0.05) is 0 Å². The van der Waals surface area contributed by atoms with Crippen LogP contribution >= 0.6 is 0 Å². The fourth-order valence-electron chi connectivity index (χ4n) is 2.59. The molecule has 1 saturated heterocycles. The molecular formula is C14H17N3O4. The third-order valence-corrected chi connectivity index (χ3v) is 3.68. The van der Waals surface area contributed by atoms with Crippen molar-refractivity contribution in [1.82, 2.24) is 5.32 Å². The lowest BCUT2D eigenvalue weighted by molar-refractivity contribution is -0.384. The zero-order valence-corrected chi connectivity index (χ0v) is 11.7. The van der Waals surface area contributed by atoms with Gasteiger partial charge in [0.05, 0.1) is 11.0 Å². The second-order valence-electron chi connectivity index (χ2n) is 4.93. The van der Waals surface area contributed by atoms with Crippen LogP contribution in [0.15, 0.2) is 18.2 Å². The zero-order valence-electron chi connectivity index (χ0n) is 11.7. The summed E-state index contributed by atoms with van der Waals surface area (Å²) in [6.45, 7) is 0.571. The van der Waals surface area contributed by atoms with Crippen LogP contribution in [0, 0.1) is 10.1 Å². The van der Waals surface area contributed by atoms with Crippen LogP contribution in [0.1, 0.15) is 29.6 Å². The number of anilines is 1. The molecule has 1 aromatic rings. The van der Waals surface area contributed by atoms with E-state index in [4.69, 9.17) is 0 Å². The Morgan fingerprint density at radius 3 is 2.86 bits per heavy atom. The molecule has 7 nitrogen and oxygen atoms in total. The van der Waals surface area contributed by atoms with E-state index in [1.165, 1.54) is 25.2 Å². The average molecular weight is 291 g/mol. The summed E-state index contributed by atoms with van der Waals surface area (Å²) in [5.74, 6) is -0.314. The van der Waals surface area contributed by atoms with Gasteiger partial charge in [0, 0.05) is 25.2 Å². The maximum atomic E-state index is 11.7. The number of nitro benzene ring substituents is 1. The van der Waals surface area contributed by atoms with E-state index in [0.29, 0.717) is 24.2 Å². The molecule has 1 aromatic carbocycles. The Labute approximate surface area is 122 Å². The number of nitrogens with one attached hydrogen (secondary N) is 1. The molecule has 1 N–H and O–H groups in total. The number of carbonyl (C=O) groups is 2. The van der Waals surface area contributed by atoms with Crippen LogP contribution in [0.3, 0.4) is 0 Å². The topological polar surface area (TPSA) is 92.5 Å². The van der Waals surface area contributed by atoms with E-state index >= 15 is 0 Å². The Kier molecular flexibility index (Phi) is 4.52. The second-order valence-corrected chi connectivity index (χ2v) is 4.93. The highest BCUT2D eigenvalue weighted by molar-refractivity contribution is 5.96. The summed E-state index contributed by atoms with van der Waals surface area (Å²) in [7, 11) is 1.50. The van der Waals surface area contributed by atoms with Crippen molar-refractivity contribution in [1.29, 1.82) is 0 Å². The lowest BCUT2D eigenvalue weighted by Gasteiger charge is -2.34. The monoisotopic (exact) mass is 291 g/mol. The van der Waals surface area contributed by atoms with Gasteiger partial charge in [-0.05, 0) is 31.4 Å². The number of hydrogen-bond donors (Lipinski definition) is 1. The van der Waals surface area contributed by atoms with E-state index < -0.39 is 4.92 Å². The van der Waals surface area contributed by atoms with Crippen LogP contribution in [0.4, 0.5) is 11.4 Å². The third kappa shape index (κ3) is 3.01. The molecule has 0 saturated carbocycles. The van der Waals surface area contributed by atoms with Gasteiger partial charge in [0.2, 0.25) is 0 Å². The van der Waals surface area contributed by atoms with Gasteiger partial charge in [-0.3, -0.25) is 14.9 Å². The zero-order chi connectivity index (χ0) is 15.4. The minimum absolute atomic E-state index is 0.0867. The predicted molar refractivity (Wildman–Crippen MR) is 77.5 cm³/mol. The van der Waals surface area contributed by atoms with E-state index in [1.54, 1.807) is 4.90 Å². The maximum absolute atomic E-state index is 11.7. The quantitative estimate of drug-likeness (QED) is 0.515. The first-order chi connectivity index (χ1) is 10.1. The summed E-state index contributed by atoms with van der Waals surface area (Å²) < 4.78 is 0. The Bertz CT molecular complexity index is 573. The molecule has 0 radical (unpaired) electrons. The van der Waals surface area contributed by atoms with E-state index in [2.05, 4.69) is 5.32 Å². The largest absolute Gasteiger partial charge is 0.356 e. The Morgan fingerprint density at radius 2 is 2.24 bits per heavy atom. The standard InChI is InChI=1S/C14H17N3O4/c1-15-14(19)10-5-6-12(17(20)21)13(8-10)16-7-3-2-4-11(16)9-18/h5-6,8-9,11H,2-4,7H2,1H3,(H,15,19). The number of nitrogens with zero attached hydrogens (tertiary/aromatic N) is 2. The van der Waals surface area contributed by atoms with Crippen molar-refractivity contribution in [2.24, 2.45) is 0 Å². The molecule has 7 heteroatoms. The summed E-state index contributed by atoms with van der Waals surface area (Å²) in [4.78, 5) is 35.4. The third-order valence-electron chi connectivity index (χ3n) is 3.68. The summed E-state index contributed by atoms with van der Waals surface area (Å²) in [6, 6.07) is 3.84. The SMILES string of the molecule is CNC(=O)c1ccc([N+](=O)[O-])c(N2CCCCC2C=O)c1. The summed E-state index contributed by atoms with van der Waals surface area (Å²) in [5.41, 5.74) is 0.586. The molecule has 1 aliphatic heterocycles. The van der Waals surface area contributed by atoms with Crippen LogP contribution in [-0.4, -0.2) is 36.8 Å². The highest BCUT2D eigenvalue weighted by atomic mass is 16.6. The molecule has 112 valence electrons. The number of rotatable bonds is 4. The van der Waals surface area contributed by atoms with Gasteiger partial charge >= 0.3 is 0 Å². The number of hydrogen-bond acceptors (Lipinski definition) is 5. The van der Waals surface area contributed by atoms with Gasteiger partial charge in [0.1, 0.15) is 12.0 Å². The molecule has 1 heterocycles. The van der Waals surface area contributed by atoms with Gasteiger partial charge in [0.15, 0.2) is 0 Å². The lowest BCUT2D eigenvalue weighted by Crippen LogP contribution is -2.41. The van der Waals surface area contributed by atoms with Crippen molar-refractivity contribution < 1.29 is 14.5 Å². The summed E-state index contributed by atoms with van der Waals surface area (Å²) >= 11 is 0. The minimum atomic E-state index is -0.487. The Balaban J connectivity index is 2.49. The van der Waals surface area contributed by atoms with Crippen molar-refractivity contribution in [3.63, 3.8) is 0 Å². The van der Waals surface area contributed by atoms with E-state index in [-0.39, 0.29) is 17.6 Å². The number of nitro groups is 1. The number of benzene rings is 1. The molecule has 0 bridgehead atoms. The Morgan fingerprint density at radius 1 is 1.48 bits per heavy atom. The lowest BCUT2D eigenvalue weighted by atomic mass is 10.0. The summed E-state index contributed by atoms with van der Waals surface area (Å²) in [5, 5.41) is 13.7. The first-order valence-corrected chi connectivity index (χ1v) is 6.81. The van der Waals surface area contributed by atoms with Gasteiger partial charge in [-0.25, -0.2) is 0 Å². The highest BCUT2D eigenvalue weighted by Gasteiger charge is 2.28. The fourth-order valence-corrected chi connectivity index (χ4v) is 2.59. The van der Waals surface area contributed by atoms with Crippen LogP contribution < -0.4 is 10.2 Å². The maximum Gasteiger partial charge on any atom is 0.292 e. The Hall–Kier alpha value is -2.44. The number of carbonyl (C=O) groups excluding carboxylic acids is 2. The first kappa shape index (κ1) is 15.0. The van der Waals surface area contributed by atoms with Crippen molar-refractivity contribution in [2.45, 2.75) is 25.3 Å². The highest BCUT2D eigenvalue weighted by Crippen LogP contribution is 2.33. The van der Waals surface area contributed by atoms with Crippen molar-refractivity contribution in [3.05, 3.63) is 33.9 Å². The number of aldehydes is 1. The molecule has 1 amide bonds. The molecule has 1 aliphatic rings. The molecule has 1 unspecified atom stereocenters. The van der Waals surface area contributed by atoms with Gasteiger partial charge in [-0.2, -0.15) is 0 Å². The van der Waals surface area contributed by atoms with E-state index in [9.17, 15) is 19.7 Å². The number of amides is 1. The molecule has 21 heavy (non-hydrogen) atoms. The van der Waals surface area contributed by atoms with Crippen molar-refractivity contribution in [2.75, 3.05) is 18.5 Å². The van der Waals surface area contributed by atoms with E-state index in [0.717, 1.165) is 19.1 Å².